The second-order valence-electron chi connectivity index (χ2n) is 4.35. The van der Waals surface area contributed by atoms with Gasteiger partial charge in [-0.05, 0) is 38.5 Å². The Kier molecular flexibility index (Phi) is 7.59. The van der Waals surface area contributed by atoms with Crippen molar-refractivity contribution in [2.75, 3.05) is 26.9 Å². The van der Waals surface area contributed by atoms with Gasteiger partial charge in [0.1, 0.15) is 0 Å². The van der Waals surface area contributed by atoms with Gasteiger partial charge in [0.2, 0.25) is 0 Å². The maximum atomic E-state index is 11.4. The molecule has 0 bridgehead atoms. The van der Waals surface area contributed by atoms with Crippen molar-refractivity contribution < 1.29 is 22.8 Å². The minimum atomic E-state index is -2.71. The summed E-state index contributed by atoms with van der Waals surface area (Å²) in [5.41, 5.74) is 1.54. The zero-order valence-electron chi connectivity index (χ0n) is 13.2. The van der Waals surface area contributed by atoms with Gasteiger partial charge in [-0.25, -0.2) is 4.79 Å². The molecule has 0 saturated heterocycles. The van der Waals surface area contributed by atoms with Crippen molar-refractivity contribution in [3.05, 3.63) is 35.4 Å². The van der Waals surface area contributed by atoms with Crippen LogP contribution in [0.25, 0.3) is 0 Å². The van der Waals surface area contributed by atoms with Crippen molar-refractivity contribution in [2.45, 2.75) is 26.8 Å². The summed E-state index contributed by atoms with van der Waals surface area (Å²) in [7, 11) is -1.34. The maximum Gasteiger partial charge on any atom is 0.505 e. The van der Waals surface area contributed by atoms with Gasteiger partial charge in [0.05, 0.1) is 12.7 Å². The first-order valence-electron chi connectivity index (χ1n) is 7.19. The fourth-order valence-electron chi connectivity index (χ4n) is 2.06. The molecular formula is C15H24O5Si. The summed E-state index contributed by atoms with van der Waals surface area (Å²) < 4.78 is 22.1. The molecule has 21 heavy (non-hydrogen) atoms. The molecule has 6 heteroatoms. The predicted molar refractivity (Wildman–Crippen MR) is 82.1 cm³/mol. The van der Waals surface area contributed by atoms with E-state index >= 15 is 0 Å². The van der Waals surface area contributed by atoms with E-state index in [1.54, 1.807) is 12.1 Å². The lowest BCUT2D eigenvalue weighted by Crippen LogP contribution is -2.48. The molecule has 0 saturated carbocycles. The molecule has 0 spiro atoms. The van der Waals surface area contributed by atoms with Crippen LogP contribution in [0.3, 0.4) is 0 Å². The normalized spacial score (nSPS) is 11.4. The fraction of sp³-hybridized carbons (Fsp3) is 0.533. The third kappa shape index (κ3) is 5.24. The van der Waals surface area contributed by atoms with Crippen LogP contribution in [0.2, 0.25) is 0 Å². The first-order valence-corrected chi connectivity index (χ1v) is 9.13. The molecule has 1 aromatic rings. The molecule has 0 aromatic heterocycles. The molecular weight excluding hydrogens is 288 g/mol. The number of carbonyl (C=O) groups is 1. The van der Waals surface area contributed by atoms with Crippen molar-refractivity contribution >= 4 is 14.8 Å². The second kappa shape index (κ2) is 8.94. The molecule has 1 aromatic carbocycles. The average molecular weight is 312 g/mol. The molecule has 118 valence electrons. The summed E-state index contributed by atoms with van der Waals surface area (Å²) in [6, 6.07) is 7.83. The van der Waals surface area contributed by atoms with Gasteiger partial charge < -0.3 is 18.0 Å². The van der Waals surface area contributed by atoms with Crippen molar-refractivity contribution in [1.29, 1.82) is 0 Å². The van der Waals surface area contributed by atoms with Crippen LogP contribution in [0.1, 0.15) is 36.7 Å². The quantitative estimate of drug-likeness (QED) is 0.518. The van der Waals surface area contributed by atoms with Crippen molar-refractivity contribution in [1.82, 2.24) is 0 Å². The van der Waals surface area contributed by atoms with E-state index in [1.165, 1.54) is 7.11 Å². The summed E-state index contributed by atoms with van der Waals surface area (Å²) in [6.45, 7) is 7.44. The molecule has 5 nitrogen and oxygen atoms in total. The van der Waals surface area contributed by atoms with Gasteiger partial charge in [-0.2, -0.15) is 0 Å². The van der Waals surface area contributed by atoms with E-state index in [4.69, 9.17) is 13.3 Å². The second-order valence-corrected chi connectivity index (χ2v) is 6.93. The molecule has 0 amide bonds. The van der Waals surface area contributed by atoms with E-state index in [1.807, 2.05) is 32.9 Å². The number of rotatable bonds is 9. The Balaban J connectivity index is 2.89. The molecule has 0 aliphatic carbocycles. The van der Waals surface area contributed by atoms with Crippen molar-refractivity contribution in [3.63, 3.8) is 0 Å². The average Bonchev–Trinajstić information content (AvgIpc) is 2.48. The van der Waals surface area contributed by atoms with Crippen molar-refractivity contribution in [2.24, 2.45) is 0 Å². The number of methoxy groups -OCH3 is 1. The Labute approximate surface area is 127 Å². The lowest BCUT2D eigenvalue weighted by Gasteiger charge is -2.28. The first kappa shape index (κ1) is 17.8. The van der Waals surface area contributed by atoms with Crippen LogP contribution in [0.15, 0.2) is 24.3 Å². The zero-order valence-corrected chi connectivity index (χ0v) is 14.2. The molecule has 0 radical (unpaired) electrons. The van der Waals surface area contributed by atoms with Gasteiger partial charge in [-0.15, -0.1) is 0 Å². The fourth-order valence-corrected chi connectivity index (χ4v) is 4.68. The van der Waals surface area contributed by atoms with Crippen LogP contribution in [0, 0.1) is 0 Å². The Morgan fingerprint density at radius 3 is 1.81 bits per heavy atom. The Hall–Kier alpha value is -1.21. The lowest BCUT2D eigenvalue weighted by atomic mass is 10.1. The van der Waals surface area contributed by atoms with E-state index in [0.717, 1.165) is 5.56 Å². The van der Waals surface area contributed by atoms with Gasteiger partial charge in [0.25, 0.3) is 0 Å². The monoisotopic (exact) mass is 312 g/mol. The Morgan fingerprint density at radius 1 is 0.952 bits per heavy atom. The highest BCUT2D eigenvalue weighted by Crippen LogP contribution is 2.18. The highest BCUT2D eigenvalue weighted by Gasteiger charge is 2.40. The van der Waals surface area contributed by atoms with E-state index in [2.05, 4.69) is 4.74 Å². The van der Waals surface area contributed by atoms with Crippen LogP contribution in [0.5, 0.6) is 0 Å². The van der Waals surface area contributed by atoms with E-state index in [9.17, 15) is 4.79 Å². The number of hydrogen-bond donors (Lipinski definition) is 0. The standard InChI is InChI=1S/C15H24O5Si/c1-5-18-21(19-6-2,20-7-3)12-13-8-10-14(11-9-13)15(16)17-4/h8-11H,5-7,12H2,1-4H3. The van der Waals surface area contributed by atoms with Gasteiger partial charge in [0.15, 0.2) is 0 Å². The largest absolute Gasteiger partial charge is 0.505 e. The van der Waals surface area contributed by atoms with Gasteiger partial charge in [-0.3, -0.25) is 0 Å². The highest BCUT2D eigenvalue weighted by molar-refractivity contribution is 6.60. The smallest absolute Gasteiger partial charge is 0.465 e. The molecule has 0 heterocycles. The van der Waals surface area contributed by atoms with Crippen LogP contribution in [0.4, 0.5) is 0 Å². The summed E-state index contributed by atoms with van der Waals surface area (Å²) >= 11 is 0. The summed E-state index contributed by atoms with van der Waals surface area (Å²) in [4.78, 5) is 11.4. The molecule has 0 aliphatic rings. The summed E-state index contributed by atoms with van der Waals surface area (Å²) in [6.07, 6.45) is 0. The zero-order chi connectivity index (χ0) is 15.7. The number of ether oxygens (including phenoxy) is 1. The van der Waals surface area contributed by atoms with Crippen LogP contribution in [-0.4, -0.2) is 41.7 Å². The SMILES string of the molecule is CCO[Si](Cc1ccc(C(=O)OC)cc1)(OCC)OCC. The summed E-state index contributed by atoms with van der Waals surface area (Å²) in [5, 5.41) is 0. The Morgan fingerprint density at radius 2 is 1.43 bits per heavy atom. The van der Waals surface area contributed by atoms with Crippen molar-refractivity contribution in [3.8, 4) is 0 Å². The first-order chi connectivity index (χ1) is 10.1. The third-order valence-electron chi connectivity index (χ3n) is 2.89. The molecule has 0 N–H and O–H groups in total. The number of esters is 1. The van der Waals surface area contributed by atoms with Gasteiger partial charge in [0, 0.05) is 25.9 Å². The summed E-state index contributed by atoms with van der Waals surface area (Å²) in [5.74, 6) is -0.343. The number of hydrogen-bond acceptors (Lipinski definition) is 5. The van der Waals surface area contributed by atoms with Crippen LogP contribution >= 0.6 is 0 Å². The predicted octanol–water partition coefficient (Wildman–Crippen LogP) is 2.60. The number of benzene rings is 1. The molecule has 0 atom stereocenters. The lowest BCUT2D eigenvalue weighted by molar-refractivity contribution is 0.0600. The molecule has 0 fully saturated rings. The minimum Gasteiger partial charge on any atom is -0.465 e. The maximum absolute atomic E-state index is 11.4. The topological polar surface area (TPSA) is 54.0 Å². The minimum absolute atomic E-state index is 0.343. The molecule has 1 rings (SSSR count). The van der Waals surface area contributed by atoms with Gasteiger partial charge in [-0.1, -0.05) is 12.1 Å². The third-order valence-corrected chi connectivity index (χ3v) is 5.92. The van der Waals surface area contributed by atoms with Crippen LogP contribution < -0.4 is 0 Å². The van der Waals surface area contributed by atoms with Gasteiger partial charge >= 0.3 is 14.8 Å². The highest BCUT2D eigenvalue weighted by atomic mass is 28.4. The molecule has 0 aliphatic heterocycles. The van der Waals surface area contributed by atoms with E-state index in [-0.39, 0.29) is 5.97 Å². The Bertz CT molecular complexity index is 415. The van der Waals surface area contributed by atoms with E-state index < -0.39 is 8.80 Å². The van der Waals surface area contributed by atoms with E-state index in [0.29, 0.717) is 31.4 Å². The van der Waals surface area contributed by atoms with Crippen LogP contribution in [-0.2, 0) is 24.1 Å². The number of carbonyl (C=O) groups excluding carboxylic acids is 1. The molecule has 0 unspecified atom stereocenters.